The normalized spacial score (nSPS) is 13.8. The van der Waals surface area contributed by atoms with Crippen LogP contribution in [0.4, 0.5) is 0 Å². The number of carbonyl (C=O) groups excluding carboxylic acids is 1. The molecule has 4 nitrogen and oxygen atoms in total. The van der Waals surface area contributed by atoms with Crippen LogP contribution in [-0.4, -0.2) is 31.2 Å². The van der Waals surface area contributed by atoms with Crippen molar-refractivity contribution in [1.82, 2.24) is 5.32 Å². The molecule has 1 atom stereocenters. The van der Waals surface area contributed by atoms with E-state index in [0.29, 0.717) is 13.0 Å². The highest BCUT2D eigenvalue weighted by molar-refractivity contribution is 5.76. The van der Waals surface area contributed by atoms with Gasteiger partial charge in [-0.05, 0) is 27.2 Å². The van der Waals surface area contributed by atoms with Crippen molar-refractivity contribution in [3.8, 4) is 0 Å². The third-order valence-electron chi connectivity index (χ3n) is 2.06. The summed E-state index contributed by atoms with van der Waals surface area (Å²) in [7, 11) is 1.61. The number of nitrogens with one attached hydrogen (secondary N) is 1. The van der Waals surface area contributed by atoms with Gasteiger partial charge < -0.3 is 15.8 Å². The zero-order valence-corrected chi connectivity index (χ0v) is 9.59. The molecule has 3 N–H and O–H groups in total. The van der Waals surface area contributed by atoms with E-state index in [1.807, 2.05) is 20.8 Å². The second kappa shape index (κ2) is 5.98. The Balaban J connectivity index is 3.66. The molecular formula is C10H22N2O2. The molecule has 0 bridgehead atoms. The van der Waals surface area contributed by atoms with Crippen LogP contribution in [0.2, 0.25) is 0 Å². The van der Waals surface area contributed by atoms with E-state index in [4.69, 9.17) is 10.5 Å². The Hall–Kier alpha value is -0.610. The molecule has 0 aromatic carbocycles. The lowest BCUT2D eigenvalue weighted by atomic mass is 10.0. The Labute approximate surface area is 86.2 Å². The minimum Gasteiger partial charge on any atom is -0.378 e. The Morgan fingerprint density at radius 3 is 2.57 bits per heavy atom. The molecule has 84 valence electrons. The van der Waals surface area contributed by atoms with E-state index in [9.17, 15) is 4.79 Å². The quantitative estimate of drug-likeness (QED) is 0.665. The lowest BCUT2D eigenvalue weighted by molar-refractivity contribution is -0.126. The summed E-state index contributed by atoms with van der Waals surface area (Å²) in [5.41, 5.74) is 5.17. The second-order valence-corrected chi connectivity index (χ2v) is 4.26. The molecule has 0 radical (unpaired) electrons. The molecular weight excluding hydrogens is 180 g/mol. The van der Waals surface area contributed by atoms with E-state index in [0.717, 1.165) is 6.42 Å². The first-order chi connectivity index (χ1) is 6.37. The number of carbonyl (C=O) groups is 1. The van der Waals surface area contributed by atoms with Crippen molar-refractivity contribution < 1.29 is 9.53 Å². The van der Waals surface area contributed by atoms with Gasteiger partial charge >= 0.3 is 0 Å². The Kier molecular flexibility index (Phi) is 5.72. The molecule has 0 aliphatic rings. The molecule has 0 aliphatic carbocycles. The zero-order chi connectivity index (χ0) is 11.2. The van der Waals surface area contributed by atoms with E-state index in [1.165, 1.54) is 0 Å². The van der Waals surface area contributed by atoms with Crippen LogP contribution in [0.15, 0.2) is 0 Å². The van der Waals surface area contributed by atoms with Crippen LogP contribution in [-0.2, 0) is 9.53 Å². The Bertz CT molecular complexity index is 179. The summed E-state index contributed by atoms with van der Waals surface area (Å²) < 4.78 is 5.15. The number of amides is 1. The smallest absolute Gasteiger partial charge is 0.222 e. The second-order valence-electron chi connectivity index (χ2n) is 4.26. The van der Waals surface area contributed by atoms with Crippen molar-refractivity contribution in [1.29, 1.82) is 0 Å². The molecule has 0 aromatic rings. The fourth-order valence-electron chi connectivity index (χ4n) is 0.961. The van der Waals surface area contributed by atoms with Crippen LogP contribution in [0.1, 0.15) is 33.6 Å². The summed E-state index contributed by atoms with van der Waals surface area (Å²) in [6.45, 7) is 6.33. The SMILES string of the molecule is COC(C)(C)CC(=O)NCCC(C)N. The highest BCUT2D eigenvalue weighted by Gasteiger charge is 2.20. The lowest BCUT2D eigenvalue weighted by Crippen LogP contribution is -2.35. The topological polar surface area (TPSA) is 64.3 Å². The van der Waals surface area contributed by atoms with Gasteiger partial charge in [-0.15, -0.1) is 0 Å². The summed E-state index contributed by atoms with van der Waals surface area (Å²) in [6, 6.07) is 0.130. The van der Waals surface area contributed by atoms with Crippen LogP contribution in [0.25, 0.3) is 0 Å². The maximum Gasteiger partial charge on any atom is 0.222 e. The maximum atomic E-state index is 11.4. The molecule has 4 heteroatoms. The van der Waals surface area contributed by atoms with Gasteiger partial charge in [-0.1, -0.05) is 0 Å². The standard InChI is InChI=1S/C10H22N2O2/c1-8(11)5-6-12-9(13)7-10(2,3)14-4/h8H,5-7,11H2,1-4H3,(H,12,13). The fraction of sp³-hybridized carbons (Fsp3) is 0.900. The van der Waals surface area contributed by atoms with Crippen LogP contribution in [0, 0.1) is 0 Å². The van der Waals surface area contributed by atoms with Crippen molar-refractivity contribution in [2.24, 2.45) is 5.73 Å². The average Bonchev–Trinajstić information content (AvgIpc) is 2.02. The average molecular weight is 202 g/mol. The van der Waals surface area contributed by atoms with Crippen molar-refractivity contribution in [3.63, 3.8) is 0 Å². The van der Waals surface area contributed by atoms with E-state index in [1.54, 1.807) is 7.11 Å². The predicted octanol–water partition coefficient (Wildman–Crippen LogP) is 0.655. The number of methoxy groups -OCH3 is 1. The van der Waals surface area contributed by atoms with Gasteiger partial charge in [-0.2, -0.15) is 0 Å². The van der Waals surface area contributed by atoms with Crippen molar-refractivity contribution in [2.45, 2.75) is 45.3 Å². The zero-order valence-electron chi connectivity index (χ0n) is 9.59. The predicted molar refractivity (Wildman–Crippen MR) is 57.0 cm³/mol. The Morgan fingerprint density at radius 1 is 1.57 bits per heavy atom. The minimum atomic E-state index is -0.390. The Morgan fingerprint density at radius 2 is 2.14 bits per heavy atom. The van der Waals surface area contributed by atoms with Gasteiger partial charge in [0, 0.05) is 19.7 Å². The molecule has 0 spiro atoms. The van der Waals surface area contributed by atoms with E-state index < -0.39 is 5.60 Å². The van der Waals surface area contributed by atoms with Gasteiger partial charge in [0.25, 0.3) is 0 Å². The monoisotopic (exact) mass is 202 g/mol. The van der Waals surface area contributed by atoms with Gasteiger partial charge in [0.15, 0.2) is 0 Å². The van der Waals surface area contributed by atoms with Crippen LogP contribution in [0.3, 0.4) is 0 Å². The third kappa shape index (κ3) is 6.86. The fourth-order valence-corrected chi connectivity index (χ4v) is 0.961. The van der Waals surface area contributed by atoms with Gasteiger partial charge in [0.05, 0.1) is 12.0 Å². The van der Waals surface area contributed by atoms with Gasteiger partial charge in [-0.25, -0.2) is 0 Å². The summed E-state index contributed by atoms with van der Waals surface area (Å²) in [5, 5.41) is 2.81. The first-order valence-corrected chi connectivity index (χ1v) is 4.95. The number of nitrogens with two attached hydrogens (primary N) is 1. The number of hydrogen-bond donors (Lipinski definition) is 2. The molecule has 0 fully saturated rings. The molecule has 0 rings (SSSR count). The van der Waals surface area contributed by atoms with Crippen LogP contribution < -0.4 is 11.1 Å². The number of rotatable bonds is 6. The molecule has 0 aromatic heterocycles. The lowest BCUT2D eigenvalue weighted by Gasteiger charge is -2.22. The summed E-state index contributed by atoms with van der Waals surface area (Å²) in [6.07, 6.45) is 1.18. The third-order valence-corrected chi connectivity index (χ3v) is 2.06. The van der Waals surface area contributed by atoms with Crippen molar-refractivity contribution in [3.05, 3.63) is 0 Å². The molecule has 1 unspecified atom stereocenters. The molecule has 0 heterocycles. The minimum absolute atomic E-state index is 0.0116. The molecule has 0 saturated carbocycles. The number of hydrogen-bond acceptors (Lipinski definition) is 3. The first kappa shape index (κ1) is 13.4. The van der Waals surface area contributed by atoms with E-state index >= 15 is 0 Å². The van der Waals surface area contributed by atoms with Gasteiger partial charge in [0.1, 0.15) is 0 Å². The maximum absolute atomic E-state index is 11.4. The molecule has 0 saturated heterocycles. The van der Waals surface area contributed by atoms with Crippen LogP contribution in [0.5, 0.6) is 0 Å². The highest BCUT2D eigenvalue weighted by atomic mass is 16.5. The molecule has 0 aliphatic heterocycles. The summed E-state index contributed by atoms with van der Waals surface area (Å²) in [5.74, 6) is 0.0116. The van der Waals surface area contributed by atoms with Crippen molar-refractivity contribution in [2.75, 3.05) is 13.7 Å². The van der Waals surface area contributed by atoms with Crippen LogP contribution >= 0.6 is 0 Å². The van der Waals surface area contributed by atoms with E-state index in [-0.39, 0.29) is 11.9 Å². The van der Waals surface area contributed by atoms with E-state index in [2.05, 4.69) is 5.32 Å². The molecule has 1 amide bonds. The summed E-state index contributed by atoms with van der Waals surface area (Å²) in [4.78, 5) is 11.4. The first-order valence-electron chi connectivity index (χ1n) is 4.95. The van der Waals surface area contributed by atoms with Gasteiger partial charge in [-0.3, -0.25) is 4.79 Å². The largest absolute Gasteiger partial charge is 0.378 e. The number of ether oxygens (including phenoxy) is 1. The highest BCUT2D eigenvalue weighted by Crippen LogP contribution is 2.11. The van der Waals surface area contributed by atoms with Crippen molar-refractivity contribution >= 4 is 5.91 Å². The summed E-state index contributed by atoms with van der Waals surface area (Å²) >= 11 is 0. The molecule has 14 heavy (non-hydrogen) atoms. The van der Waals surface area contributed by atoms with Gasteiger partial charge in [0.2, 0.25) is 5.91 Å².